The number of hydrogen-bond donors (Lipinski definition) is 1. The lowest BCUT2D eigenvalue weighted by molar-refractivity contribution is 0.706. The van der Waals surface area contributed by atoms with Gasteiger partial charge in [0.15, 0.2) is 0 Å². The molecule has 0 bridgehead atoms. The van der Waals surface area contributed by atoms with E-state index in [0.29, 0.717) is 5.69 Å². The van der Waals surface area contributed by atoms with Crippen molar-refractivity contribution in [1.82, 2.24) is 8.52 Å². The van der Waals surface area contributed by atoms with Gasteiger partial charge in [0.05, 0.1) is 6.54 Å². The molecule has 5 nitrogen and oxygen atoms in total. The number of aromatic nitrogens is 2. The molecule has 1 aromatic heterocycles. The van der Waals surface area contributed by atoms with Gasteiger partial charge >= 0.3 is 10.6 Å². The van der Waals surface area contributed by atoms with E-state index in [1.165, 1.54) is 8.52 Å². The monoisotopic (exact) mass is 237 g/mol. The van der Waals surface area contributed by atoms with E-state index < -0.39 is 0 Å². The summed E-state index contributed by atoms with van der Waals surface area (Å²) in [7, 11) is 1.58. The molecule has 2 aromatic rings. The quantitative estimate of drug-likeness (QED) is 0.761. The van der Waals surface area contributed by atoms with Crippen LogP contribution >= 0.6 is 11.5 Å². The Bertz CT molecular complexity index is 606. The third-order valence-electron chi connectivity index (χ3n) is 2.26. The van der Waals surface area contributed by atoms with Crippen LogP contribution in [-0.2, 0) is 13.6 Å². The zero-order chi connectivity index (χ0) is 11.7. The van der Waals surface area contributed by atoms with E-state index in [1.807, 2.05) is 0 Å². The first-order chi connectivity index (χ1) is 7.58. The normalized spacial score (nSPS) is 10.6. The second-order valence-electron chi connectivity index (χ2n) is 3.46. The molecule has 0 radical (unpaired) electrons. The molecule has 16 heavy (non-hydrogen) atoms. The Hall–Kier alpha value is -1.82. The maximum absolute atomic E-state index is 11.6. The molecule has 0 fully saturated rings. The molecule has 0 saturated carbocycles. The number of nitrogens with zero attached hydrogens (tertiary/aromatic N) is 2. The van der Waals surface area contributed by atoms with Gasteiger partial charge in [0.1, 0.15) is 0 Å². The highest BCUT2D eigenvalue weighted by molar-refractivity contribution is 7.03. The van der Waals surface area contributed by atoms with E-state index in [2.05, 4.69) is 0 Å². The molecule has 0 amide bonds. The molecule has 2 N–H and O–H groups in total. The van der Waals surface area contributed by atoms with Gasteiger partial charge in [-0.3, -0.25) is 4.79 Å². The highest BCUT2D eigenvalue weighted by Gasteiger charge is 2.07. The topological polar surface area (TPSA) is 70.0 Å². The smallest absolute Gasteiger partial charge is 0.341 e. The minimum Gasteiger partial charge on any atom is -0.399 e. The standard InChI is InChI=1S/C10H11N3O2S/c1-12-9(14)13(10(15)16-12)6-7-2-4-8(11)5-3-7/h2-5H,6,11H2,1H3. The highest BCUT2D eigenvalue weighted by atomic mass is 32.1. The van der Waals surface area contributed by atoms with Crippen molar-refractivity contribution < 1.29 is 0 Å². The van der Waals surface area contributed by atoms with Crippen molar-refractivity contribution in [3.05, 3.63) is 50.0 Å². The van der Waals surface area contributed by atoms with Crippen molar-refractivity contribution in [3.8, 4) is 0 Å². The minimum atomic E-state index is -0.285. The molecule has 0 aliphatic rings. The molecule has 0 saturated heterocycles. The molecule has 2 rings (SSSR count). The molecule has 0 spiro atoms. The van der Waals surface area contributed by atoms with Crippen molar-refractivity contribution in [3.63, 3.8) is 0 Å². The van der Waals surface area contributed by atoms with Crippen LogP contribution in [0.15, 0.2) is 33.9 Å². The van der Waals surface area contributed by atoms with Crippen LogP contribution < -0.4 is 16.3 Å². The highest BCUT2D eigenvalue weighted by Crippen LogP contribution is 2.05. The van der Waals surface area contributed by atoms with Gasteiger partial charge in [-0.15, -0.1) is 0 Å². The van der Waals surface area contributed by atoms with E-state index >= 15 is 0 Å². The Kier molecular flexibility index (Phi) is 2.66. The van der Waals surface area contributed by atoms with Crippen LogP contribution in [0.4, 0.5) is 5.69 Å². The fourth-order valence-corrected chi connectivity index (χ4v) is 2.04. The van der Waals surface area contributed by atoms with Crippen molar-refractivity contribution in [2.45, 2.75) is 6.54 Å². The second kappa shape index (κ2) is 3.97. The van der Waals surface area contributed by atoms with Crippen LogP contribution in [0.1, 0.15) is 5.56 Å². The number of hydrogen-bond acceptors (Lipinski definition) is 4. The summed E-state index contributed by atoms with van der Waals surface area (Å²) in [6, 6.07) is 7.10. The maximum atomic E-state index is 11.6. The van der Waals surface area contributed by atoms with Gasteiger partial charge in [-0.2, -0.15) is 0 Å². The predicted octanol–water partition coefficient (Wildman–Crippen LogP) is 0.239. The summed E-state index contributed by atoms with van der Waals surface area (Å²) in [6.07, 6.45) is 0. The molecule has 0 aliphatic carbocycles. The Morgan fingerprint density at radius 1 is 1.25 bits per heavy atom. The predicted molar refractivity (Wildman–Crippen MR) is 63.8 cm³/mol. The van der Waals surface area contributed by atoms with Crippen LogP contribution in [0, 0.1) is 0 Å². The summed E-state index contributed by atoms with van der Waals surface area (Å²) in [5.41, 5.74) is 6.81. The van der Waals surface area contributed by atoms with Crippen LogP contribution in [0.25, 0.3) is 0 Å². The van der Waals surface area contributed by atoms with Crippen molar-refractivity contribution in [2.75, 3.05) is 5.73 Å². The van der Waals surface area contributed by atoms with Gasteiger partial charge in [0.25, 0.3) is 0 Å². The minimum absolute atomic E-state index is 0.246. The third kappa shape index (κ3) is 1.92. The number of aryl methyl sites for hydroxylation is 1. The lowest BCUT2D eigenvalue weighted by atomic mass is 10.2. The molecule has 0 unspecified atom stereocenters. The first-order valence-corrected chi connectivity index (χ1v) is 5.47. The first-order valence-electron chi connectivity index (χ1n) is 4.69. The molecule has 0 atom stereocenters. The van der Waals surface area contributed by atoms with Gasteiger partial charge in [-0.05, 0) is 17.7 Å². The van der Waals surface area contributed by atoms with E-state index in [4.69, 9.17) is 5.73 Å². The zero-order valence-electron chi connectivity index (χ0n) is 8.71. The average Bonchev–Trinajstić information content (AvgIpc) is 2.48. The summed E-state index contributed by atoms with van der Waals surface area (Å²) in [4.78, 5) is 22.8. The fourth-order valence-electron chi connectivity index (χ4n) is 1.39. The summed E-state index contributed by atoms with van der Waals surface area (Å²) in [5, 5.41) is 0. The zero-order valence-corrected chi connectivity index (χ0v) is 9.53. The van der Waals surface area contributed by atoms with Gasteiger partial charge in [-0.1, -0.05) is 12.1 Å². The Morgan fingerprint density at radius 2 is 1.88 bits per heavy atom. The van der Waals surface area contributed by atoms with Crippen LogP contribution in [0.5, 0.6) is 0 Å². The number of rotatable bonds is 2. The van der Waals surface area contributed by atoms with Gasteiger partial charge in [0, 0.05) is 24.3 Å². The van der Waals surface area contributed by atoms with Gasteiger partial charge < -0.3 is 5.73 Å². The van der Waals surface area contributed by atoms with Crippen molar-refractivity contribution in [1.29, 1.82) is 0 Å². The largest absolute Gasteiger partial charge is 0.399 e. The van der Waals surface area contributed by atoms with E-state index in [-0.39, 0.29) is 17.1 Å². The fraction of sp³-hybridized carbons (Fsp3) is 0.200. The summed E-state index contributed by atoms with van der Waals surface area (Å²) in [5.74, 6) is 0. The summed E-state index contributed by atoms with van der Waals surface area (Å²) < 4.78 is 2.52. The average molecular weight is 237 g/mol. The van der Waals surface area contributed by atoms with Crippen LogP contribution in [-0.4, -0.2) is 8.52 Å². The first kappa shape index (κ1) is 10.7. The number of nitrogen functional groups attached to an aromatic ring is 1. The number of nitrogens with two attached hydrogens (primary N) is 1. The number of anilines is 1. The molecular formula is C10H11N3O2S. The summed E-state index contributed by atoms with van der Waals surface area (Å²) >= 11 is 0.905. The lowest BCUT2D eigenvalue weighted by Gasteiger charge is -2.00. The lowest BCUT2D eigenvalue weighted by Crippen LogP contribution is -2.28. The van der Waals surface area contributed by atoms with Crippen molar-refractivity contribution >= 4 is 17.2 Å². The van der Waals surface area contributed by atoms with Crippen LogP contribution in [0.3, 0.4) is 0 Å². The Morgan fingerprint density at radius 3 is 2.38 bits per heavy atom. The Labute approximate surface area is 95.5 Å². The van der Waals surface area contributed by atoms with Gasteiger partial charge in [-0.25, -0.2) is 13.3 Å². The third-order valence-corrected chi connectivity index (χ3v) is 3.06. The summed E-state index contributed by atoms with van der Waals surface area (Å²) in [6.45, 7) is 0.287. The van der Waals surface area contributed by atoms with Crippen LogP contribution in [0.2, 0.25) is 0 Å². The molecule has 84 valence electrons. The van der Waals surface area contributed by atoms with E-state index in [9.17, 15) is 9.59 Å². The molecule has 1 aromatic carbocycles. The Balaban J connectivity index is 2.38. The van der Waals surface area contributed by atoms with Gasteiger partial charge in [0.2, 0.25) is 0 Å². The molecular weight excluding hydrogens is 226 g/mol. The molecule has 1 heterocycles. The number of benzene rings is 1. The van der Waals surface area contributed by atoms with Crippen molar-refractivity contribution in [2.24, 2.45) is 7.05 Å². The maximum Gasteiger partial charge on any atom is 0.341 e. The van der Waals surface area contributed by atoms with E-state index in [1.54, 1.807) is 31.3 Å². The molecule has 0 aliphatic heterocycles. The molecule has 6 heteroatoms. The second-order valence-corrected chi connectivity index (χ2v) is 4.54. The van der Waals surface area contributed by atoms with E-state index in [0.717, 1.165) is 17.1 Å². The SMILES string of the molecule is Cn1sc(=O)n(Cc2ccc(N)cc2)c1=O.